The fourth-order valence-electron chi connectivity index (χ4n) is 2.65. The molecule has 3 aromatic carbocycles. The fraction of sp³-hybridized carbons (Fsp3) is 0.0476. The summed E-state index contributed by atoms with van der Waals surface area (Å²) in [6, 6.07) is 21.5. The third kappa shape index (κ3) is 4.12. The molecule has 134 valence electrons. The van der Waals surface area contributed by atoms with Crippen LogP contribution in [0.2, 0.25) is 0 Å². The number of hydrogen-bond donors (Lipinski definition) is 2. The van der Waals surface area contributed by atoms with Crippen LogP contribution in [0.3, 0.4) is 0 Å². The Kier molecular flexibility index (Phi) is 4.80. The zero-order valence-corrected chi connectivity index (χ0v) is 15.1. The quantitative estimate of drug-likeness (QED) is 0.505. The molecule has 1 aromatic heterocycles. The summed E-state index contributed by atoms with van der Waals surface area (Å²) in [5, 5.41) is 6.76. The first-order valence-electron chi connectivity index (χ1n) is 8.43. The fourth-order valence-corrected chi connectivity index (χ4v) is 3.62. The molecule has 0 radical (unpaired) electrons. The van der Waals surface area contributed by atoms with Crippen molar-refractivity contribution < 1.29 is 9.18 Å². The lowest BCUT2D eigenvalue weighted by Crippen LogP contribution is -2.21. The van der Waals surface area contributed by atoms with Gasteiger partial charge in [-0.15, -0.1) is 11.3 Å². The molecule has 0 aliphatic rings. The highest BCUT2D eigenvalue weighted by Gasteiger charge is 2.06. The summed E-state index contributed by atoms with van der Waals surface area (Å²) in [5.41, 5.74) is 3.44. The highest BCUT2D eigenvalue weighted by Crippen LogP contribution is 2.30. The number of para-hydroxylation sites is 1. The number of rotatable bonds is 5. The van der Waals surface area contributed by atoms with Crippen LogP contribution in [-0.4, -0.2) is 17.4 Å². The molecule has 6 heteroatoms. The number of thiazole rings is 1. The second-order valence-electron chi connectivity index (χ2n) is 5.97. The number of aromatic nitrogens is 1. The first-order valence-corrected chi connectivity index (χ1v) is 9.24. The van der Waals surface area contributed by atoms with Crippen molar-refractivity contribution in [1.82, 2.24) is 4.98 Å². The summed E-state index contributed by atoms with van der Waals surface area (Å²) in [6.45, 7) is 0.123. The number of carbonyl (C=O) groups is 1. The first kappa shape index (κ1) is 17.2. The minimum Gasteiger partial charge on any atom is -0.376 e. The molecule has 1 amide bonds. The van der Waals surface area contributed by atoms with E-state index in [2.05, 4.69) is 21.7 Å². The molecule has 4 aromatic rings. The third-order valence-electron chi connectivity index (χ3n) is 4.01. The lowest BCUT2D eigenvalue weighted by atomic mass is 10.2. The van der Waals surface area contributed by atoms with Crippen molar-refractivity contribution in [3.63, 3.8) is 0 Å². The number of nitrogens with one attached hydrogen (secondary N) is 2. The molecule has 0 saturated heterocycles. The van der Waals surface area contributed by atoms with Crippen molar-refractivity contribution >= 4 is 38.8 Å². The summed E-state index contributed by atoms with van der Waals surface area (Å²) in [4.78, 5) is 16.6. The minimum absolute atomic E-state index is 0.123. The van der Waals surface area contributed by atoms with Gasteiger partial charge >= 0.3 is 0 Å². The van der Waals surface area contributed by atoms with Crippen LogP contribution in [-0.2, 0) is 4.79 Å². The van der Waals surface area contributed by atoms with Gasteiger partial charge in [-0.05, 0) is 60.7 Å². The van der Waals surface area contributed by atoms with E-state index in [1.54, 1.807) is 11.3 Å². The Morgan fingerprint density at radius 3 is 2.37 bits per heavy atom. The monoisotopic (exact) mass is 377 g/mol. The molecule has 0 saturated carbocycles. The highest BCUT2D eigenvalue weighted by molar-refractivity contribution is 7.21. The molecule has 4 rings (SSSR count). The highest BCUT2D eigenvalue weighted by atomic mass is 32.1. The summed E-state index contributed by atoms with van der Waals surface area (Å²) in [6.07, 6.45) is 0. The van der Waals surface area contributed by atoms with Crippen LogP contribution < -0.4 is 10.6 Å². The number of hydrogen-bond acceptors (Lipinski definition) is 4. The van der Waals surface area contributed by atoms with Crippen LogP contribution in [0.15, 0.2) is 72.8 Å². The average molecular weight is 377 g/mol. The molecule has 0 atom stereocenters. The van der Waals surface area contributed by atoms with E-state index in [0.717, 1.165) is 26.5 Å². The number of carbonyl (C=O) groups excluding carboxylic acids is 1. The summed E-state index contributed by atoms with van der Waals surface area (Å²) in [7, 11) is 0. The van der Waals surface area contributed by atoms with Crippen LogP contribution >= 0.6 is 11.3 Å². The van der Waals surface area contributed by atoms with Crippen molar-refractivity contribution in [2.45, 2.75) is 0 Å². The van der Waals surface area contributed by atoms with Crippen LogP contribution in [0.4, 0.5) is 15.8 Å². The second kappa shape index (κ2) is 7.55. The maximum Gasteiger partial charge on any atom is 0.243 e. The molecule has 0 bridgehead atoms. The van der Waals surface area contributed by atoms with E-state index in [1.165, 1.54) is 24.3 Å². The Bertz CT molecular complexity index is 1040. The zero-order valence-electron chi connectivity index (χ0n) is 14.3. The Morgan fingerprint density at radius 2 is 1.63 bits per heavy atom. The van der Waals surface area contributed by atoms with Crippen molar-refractivity contribution in [2.75, 3.05) is 17.2 Å². The largest absolute Gasteiger partial charge is 0.376 e. The van der Waals surface area contributed by atoms with Crippen molar-refractivity contribution in [3.8, 4) is 10.6 Å². The van der Waals surface area contributed by atoms with E-state index in [9.17, 15) is 9.18 Å². The first-order chi connectivity index (χ1) is 13.2. The maximum atomic E-state index is 12.9. The van der Waals surface area contributed by atoms with Gasteiger partial charge in [0.2, 0.25) is 5.91 Å². The van der Waals surface area contributed by atoms with Crippen molar-refractivity contribution in [1.29, 1.82) is 0 Å². The molecular formula is C21H16FN3OS. The van der Waals surface area contributed by atoms with Gasteiger partial charge in [0.15, 0.2) is 0 Å². The number of amides is 1. The van der Waals surface area contributed by atoms with E-state index in [0.29, 0.717) is 5.69 Å². The topological polar surface area (TPSA) is 54.0 Å². The molecule has 1 heterocycles. The van der Waals surface area contributed by atoms with Crippen LogP contribution in [0.1, 0.15) is 0 Å². The molecular weight excluding hydrogens is 361 g/mol. The lowest BCUT2D eigenvalue weighted by molar-refractivity contribution is -0.114. The second-order valence-corrected chi connectivity index (χ2v) is 7.00. The van der Waals surface area contributed by atoms with Gasteiger partial charge in [-0.25, -0.2) is 9.37 Å². The SMILES string of the molecule is O=C(CNc1ccc(-c2nc3ccccc3s2)cc1)Nc1ccc(F)cc1. The van der Waals surface area contributed by atoms with Crippen LogP contribution in [0, 0.1) is 5.82 Å². The number of benzene rings is 3. The molecule has 0 aliphatic heterocycles. The number of halogens is 1. The minimum atomic E-state index is -0.334. The van der Waals surface area contributed by atoms with E-state index < -0.39 is 0 Å². The normalized spacial score (nSPS) is 10.7. The summed E-state index contributed by atoms with van der Waals surface area (Å²) < 4.78 is 14.0. The van der Waals surface area contributed by atoms with E-state index in [4.69, 9.17) is 0 Å². The van der Waals surface area contributed by atoms with Gasteiger partial charge in [-0.2, -0.15) is 0 Å². The van der Waals surface area contributed by atoms with Gasteiger partial charge in [0, 0.05) is 16.9 Å². The Morgan fingerprint density at radius 1 is 0.926 bits per heavy atom. The van der Waals surface area contributed by atoms with Gasteiger partial charge in [0.1, 0.15) is 10.8 Å². The van der Waals surface area contributed by atoms with Gasteiger partial charge < -0.3 is 10.6 Å². The van der Waals surface area contributed by atoms with E-state index >= 15 is 0 Å². The maximum absolute atomic E-state index is 12.9. The smallest absolute Gasteiger partial charge is 0.243 e. The number of anilines is 2. The van der Waals surface area contributed by atoms with Crippen molar-refractivity contribution in [3.05, 3.63) is 78.6 Å². The Hall–Kier alpha value is -3.25. The van der Waals surface area contributed by atoms with E-state index in [1.807, 2.05) is 42.5 Å². The standard InChI is InChI=1S/C21H16FN3OS/c22-15-7-11-17(12-8-15)24-20(26)13-23-16-9-5-14(6-10-16)21-25-18-3-1-2-4-19(18)27-21/h1-12,23H,13H2,(H,24,26). The summed E-state index contributed by atoms with van der Waals surface area (Å²) in [5.74, 6) is -0.531. The Labute approximate surface area is 159 Å². The average Bonchev–Trinajstić information content (AvgIpc) is 3.13. The predicted octanol–water partition coefficient (Wildman–Crippen LogP) is 5.15. The molecule has 0 spiro atoms. The van der Waals surface area contributed by atoms with Gasteiger partial charge in [0.25, 0.3) is 0 Å². The molecule has 0 aliphatic carbocycles. The molecule has 2 N–H and O–H groups in total. The van der Waals surface area contributed by atoms with Crippen molar-refractivity contribution in [2.24, 2.45) is 0 Å². The molecule has 27 heavy (non-hydrogen) atoms. The molecule has 0 fully saturated rings. The third-order valence-corrected chi connectivity index (χ3v) is 5.09. The number of fused-ring (bicyclic) bond motifs is 1. The van der Waals surface area contributed by atoms with E-state index in [-0.39, 0.29) is 18.3 Å². The predicted molar refractivity (Wildman–Crippen MR) is 109 cm³/mol. The number of nitrogens with zero attached hydrogens (tertiary/aromatic N) is 1. The summed E-state index contributed by atoms with van der Waals surface area (Å²) >= 11 is 1.65. The van der Waals surface area contributed by atoms with Crippen LogP contribution in [0.25, 0.3) is 20.8 Å². The van der Waals surface area contributed by atoms with Gasteiger partial charge in [0.05, 0.1) is 16.8 Å². The Balaban J connectivity index is 1.37. The zero-order chi connectivity index (χ0) is 18.6. The van der Waals surface area contributed by atoms with Crippen LogP contribution in [0.5, 0.6) is 0 Å². The van der Waals surface area contributed by atoms with Gasteiger partial charge in [-0.1, -0.05) is 12.1 Å². The lowest BCUT2D eigenvalue weighted by Gasteiger charge is -2.08. The molecule has 0 unspecified atom stereocenters. The molecule has 4 nitrogen and oxygen atoms in total. The van der Waals surface area contributed by atoms with Gasteiger partial charge in [-0.3, -0.25) is 4.79 Å².